The van der Waals surface area contributed by atoms with Gasteiger partial charge >= 0.3 is 5.97 Å². The Labute approximate surface area is 189 Å². The number of carbonyl (C=O) groups is 2. The molecule has 0 heterocycles. The Morgan fingerprint density at radius 1 is 0.935 bits per heavy atom. The van der Waals surface area contributed by atoms with Crippen LogP contribution in [0.3, 0.4) is 0 Å². The molecule has 0 aromatic heterocycles. The van der Waals surface area contributed by atoms with Crippen molar-refractivity contribution in [2.45, 2.75) is 84.1 Å². The lowest BCUT2D eigenvalue weighted by atomic mass is 9.97. The maximum Gasteiger partial charge on any atom is 0.305 e. The van der Waals surface area contributed by atoms with Crippen LogP contribution in [0.25, 0.3) is 0 Å². The van der Waals surface area contributed by atoms with E-state index >= 15 is 0 Å². The molecule has 0 radical (unpaired) electrons. The molecule has 1 amide bonds. The number of carboxylic acid groups (broad SMARTS) is 1. The fraction of sp³-hybridized carbons (Fsp3) is 0.680. The lowest BCUT2D eigenvalue weighted by Crippen LogP contribution is -2.49. The first-order valence-corrected chi connectivity index (χ1v) is 11.4. The molecule has 178 valence electrons. The van der Waals surface area contributed by atoms with Crippen LogP contribution in [0.5, 0.6) is 0 Å². The quantitative estimate of drug-likeness (QED) is 0.272. The molecule has 0 unspecified atom stereocenters. The van der Waals surface area contributed by atoms with Gasteiger partial charge in [0.2, 0.25) is 5.91 Å². The zero-order valence-electron chi connectivity index (χ0n) is 20.5. The number of likely N-dealkylation sites (N-methyl/N-ethyl adjacent to an activating group) is 1. The van der Waals surface area contributed by atoms with E-state index in [-0.39, 0.29) is 24.5 Å². The van der Waals surface area contributed by atoms with E-state index < -0.39 is 5.97 Å². The highest BCUT2D eigenvalue weighted by molar-refractivity contribution is 5.77. The first-order valence-electron chi connectivity index (χ1n) is 11.4. The second kappa shape index (κ2) is 15.0. The molecule has 0 fully saturated rings. The molecule has 0 aliphatic carbocycles. The Kier molecular flexibility index (Phi) is 14.0. The SMILES string of the molecule is Cc1cccc(C)c1CCCCCCCCCC(=O)N[C@H](CC(=O)O)C[N+](C)(C)C.N. The summed E-state index contributed by atoms with van der Waals surface area (Å²) in [5.74, 6) is -0.894. The van der Waals surface area contributed by atoms with Gasteiger partial charge in [-0.15, -0.1) is 0 Å². The van der Waals surface area contributed by atoms with Crippen molar-refractivity contribution in [3.8, 4) is 0 Å². The summed E-state index contributed by atoms with van der Waals surface area (Å²) >= 11 is 0. The summed E-state index contributed by atoms with van der Waals surface area (Å²) in [6, 6.07) is 6.21. The number of aliphatic carboxylic acids is 1. The standard InChI is InChI=1S/C25H42N2O3.H3N/c1-20-14-13-15-21(2)23(20)16-11-9-7-6-8-10-12-17-24(28)26-22(18-25(29)30)19-27(3,4)5;/h13-15,22H,6-12,16-19H2,1-5H3,(H-,26,28,29,30);1H3/p+1/t22-;/m1./s1. The van der Waals surface area contributed by atoms with E-state index in [9.17, 15) is 9.59 Å². The Bertz CT molecular complexity index is 648. The lowest BCUT2D eigenvalue weighted by Gasteiger charge is -2.29. The van der Waals surface area contributed by atoms with Crippen molar-refractivity contribution in [3.05, 3.63) is 34.9 Å². The molecule has 0 spiro atoms. The number of rotatable bonds is 15. The number of quaternary nitrogens is 1. The topological polar surface area (TPSA) is 101 Å². The van der Waals surface area contributed by atoms with E-state index in [1.165, 1.54) is 48.8 Å². The van der Waals surface area contributed by atoms with E-state index in [0.717, 1.165) is 19.3 Å². The normalized spacial score (nSPS) is 12.2. The molecule has 31 heavy (non-hydrogen) atoms. The average Bonchev–Trinajstić information content (AvgIpc) is 2.60. The minimum Gasteiger partial charge on any atom is -0.481 e. The number of unbranched alkanes of at least 4 members (excludes halogenated alkanes) is 6. The summed E-state index contributed by atoms with van der Waals surface area (Å²) in [5.41, 5.74) is 4.32. The van der Waals surface area contributed by atoms with Crippen LogP contribution in [0, 0.1) is 13.8 Å². The molecule has 6 nitrogen and oxygen atoms in total. The van der Waals surface area contributed by atoms with Crippen LogP contribution in [-0.4, -0.2) is 55.2 Å². The van der Waals surface area contributed by atoms with Gasteiger partial charge in [0.05, 0.1) is 40.2 Å². The van der Waals surface area contributed by atoms with Gasteiger partial charge in [-0.3, -0.25) is 9.59 Å². The molecule has 1 aromatic rings. The minimum absolute atomic E-state index is 0. The summed E-state index contributed by atoms with van der Waals surface area (Å²) in [5, 5.41) is 12.0. The van der Waals surface area contributed by atoms with Crippen molar-refractivity contribution in [3.63, 3.8) is 0 Å². The van der Waals surface area contributed by atoms with E-state index in [2.05, 4.69) is 37.4 Å². The van der Waals surface area contributed by atoms with Crippen LogP contribution in [0.2, 0.25) is 0 Å². The number of carboxylic acids is 1. The fourth-order valence-electron chi connectivity index (χ4n) is 4.05. The van der Waals surface area contributed by atoms with Crippen LogP contribution >= 0.6 is 0 Å². The number of nitrogens with one attached hydrogen (secondary N) is 1. The Balaban J connectivity index is 0.00000900. The summed E-state index contributed by atoms with van der Waals surface area (Å²) in [7, 11) is 6.01. The third-order valence-electron chi connectivity index (χ3n) is 5.53. The van der Waals surface area contributed by atoms with Gasteiger partial charge in [0.1, 0.15) is 0 Å². The van der Waals surface area contributed by atoms with Gasteiger partial charge in [0.15, 0.2) is 0 Å². The number of hydrogen-bond acceptors (Lipinski definition) is 3. The van der Waals surface area contributed by atoms with E-state index in [1.54, 1.807) is 0 Å². The monoisotopic (exact) mass is 436 g/mol. The second-order valence-electron chi connectivity index (χ2n) is 9.68. The third kappa shape index (κ3) is 13.9. The van der Waals surface area contributed by atoms with Gasteiger partial charge in [0.25, 0.3) is 0 Å². The zero-order chi connectivity index (χ0) is 22.6. The molecule has 0 aliphatic heterocycles. The molecule has 6 heteroatoms. The number of benzene rings is 1. The molecular formula is C25H46N3O3+. The van der Waals surface area contributed by atoms with Crippen LogP contribution in [0.15, 0.2) is 18.2 Å². The highest BCUT2D eigenvalue weighted by atomic mass is 16.4. The maximum atomic E-state index is 12.2. The Hall–Kier alpha value is -1.92. The van der Waals surface area contributed by atoms with Gasteiger partial charge < -0.3 is 21.1 Å². The first-order chi connectivity index (χ1) is 14.1. The molecule has 5 N–H and O–H groups in total. The molecule has 0 saturated heterocycles. The number of hydrogen-bond donors (Lipinski definition) is 3. The smallest absolute Gasteiger partial charge is 0.305 e. The fourth-order valence-corrected chi connectivity index (χ4v) is 4.05. The van der Waals surface area contributed by atoms with Gasteiger partial charge in [-0.1, -0.05) is 50.3 Å². The molecule has 1 rings (SSSR count). The number of carbonyl (C=O) groups excluding carboxylic acids is 1. The average molecular weight is 437 g/mol. The van der Waals surface area contributed by atoms with Crippen molar-refractivity contribution in [2.24, 2.45) is 0 Å². The lowest BCUT2D eigenvalue weighted by molar-refractivity contribution is -0.871. The van der Waals surface area contributed by atoms with Gasteiger partial charge in [-0.25, -0.2) is 0 Å². The molecule has 1 atom stereocenters. The molecule has 0 aliphatic rings. The largest absolute Gasteiger partial charge is 0.481 e. The van der Waals surface area contributed by atoms with Crippen LogP contribution in [0.4, 0.5) is 0 Å². The Morgan fingerprint density at radius 3 is 1.97 bits per heavy atom. The number of amides is 1. The van der Waals surface area contributed by atoms with Crippen molar-refractivity contribution in [1.82, 2.24) is 11.5 Å². The molecule has 0 bridgehead atoms. The molecule has 1 aromatic carbocycles. The minimum atomic E-state index is -0.869. The van der Waals surface area contributed by atoms with Crippen LogP contribution in [-0.2, 0) is 16.0 Å². The third-order valence-corrected chi connectivity index (χ3v) is 5.53. The van der Waals surface area contributed by atoms with E-state index in [0.29, 0.717) is 17.4 Å². The summed E-state index contributed by atoms with van der Waals surface area (Å²) < 4.78 is 0.627. The molecular weight excluding hydrogens is 390 g/mol. The van der Waals surface area contributed by atoms with Crippen LogP contribution in [0.1, 0.15) is 74.5 Å². The zero-order valence-corrected chi connectivity index (χ0v) is 20.5. The Morgan fingerprint density at radius 2 is 1.45 bits per heavy atom. The van der Waals surface area contributed by atoms with Gasteiger partial charge in [-0.05, 0) is 49.8 Å². The second-order valence-corrected chi connectivity index (χ2v) is 9.68. The summed E-state index contributed by atoms with van der Waals surface area (Å²) in [6.45, 7) is 5.01. The van der Waals surface area contributed by atoms with Gasteiger partial charge in [0, 0.05) is 6.42 Å². The maximum absolute atomic E-state index is 12.2. The van der Waals surface area contributed by atoms with Crippen molar-refractivity contribution in [2.75, 3.05) is 27.7 Å². The summed E-state index contributed by atoms with van der Waals surface area (Å²) in [4.78, 5) is 23.2. The van der Waals surface area contributed by atoms with Crippen LogP contribution < -0.4 is 11.5 Å². The highest BCUT2D eigenvalue weighted by Crippen LogP contribution is 2.17. The van der Waals surface area contributed by atoms with Gasteiger partial charge in [-0.2, -0.15) is 0 Å². The molecule has 0 saturated carbocycles. The number of nitrogens with zero attached hydrogens (tertiary/aromatic N) is 1. The van der Waals surface area contributed by atoms with Crippen molar-refractivity contribution >= 4 is 11.9 Å². The van der Waals surface area contributed by atoms with Crippen molar-refractivity contribution < 1.29 is 19.2 Å². The number of aryl methyl sites for hydroxylation is 2. The predicted molar refractivity (Wildman–Crippen MR) is 129 cm³/mol. The van der Waals surface area contributed by atoms with E-state index in [1.807, 2.05) is 21.1 Å². The van der Waals surface area contributed by atoms with Crippen molar-refractivity contribution in [1.29, 1.82) is 0 Å². The highest BCUT2D eigenvalue weighted by Gasteiger charge is 2.22. The first kappa shape index (κ1) is 29.1. The van der Waals surface area contributed by atoms with E-state index in [4.69, 9.17) is 5.11 Å². The predicted octanol–water partition coefficient (Wildman–Crippen LogP) is 4.79. The summed E-state index contributed by atoms with van der Waals surface area (Å²) in [6.07, 6.45) is 9.70.